The van der Waals surface area contributed by atoms with Crippen molar-refractivity contribution in [1.82, 2.24) is 14.9 Å². The molecule has 0 saturated carbocycles. The molecule has 0 bridgehead atoms. The first kappa shape index (κ1) is 15.8. The fraction of sp³-hybridized carbons (Fsp3) is 0.350. The summed E-state index contributed by atoms with van der Waals surface area (Å²) in [6.07, 6.45) is 0.940. The van der Waals surface area contributed by atoms with Crippen LogP contribution >= 0.6 is 0 Å². The summed E-state index contributed by atoms with van der Waals surface area (Å²) in [6, 6.07) is 13.3. The average Bonchev–Trinajstić information content (AvgIpc) is 2.85. The van der Waals surface area contributed by atoms with Gasteiger partial charge in [0, 0.05) is 19.5 Å². The van der Waals surface area contributed by atoms with Crippen LogP contribution in [0.4, 0.5) is 0 Å². The van der Waals surface area contributed by atoms with Crippen LogP contribution in [-0.2, 0) is 13.0 Å². The summed E-state index contributed by atoms with van der Waals surface area (Å²) in [4.78, 5) is 4.89. The summed E-state index contributed by atoms with van der Waals surface area (Å²) < 4.78 is 2.36. The van der Waals surface area contributed by atoms with Gasteiger partial charge < -0.3 is 9.88 Å². The number of aromatic nitrogens is 2. The molecule has 0 aliphatic carbocycles. The van der Waals surface area contributed by atoms with E-state index in [0.29, 0.717) is 0 Å². The molecule has 3 aromatic rings. The van der Waals surface area contributed by atoms with Gasteiger partial charge in [0.15, 0.2) is 0 Å². The second kappa shape index (κ2) is 6.55. The number of fused-ring (bicyclic) bond motifs is 1. The first-order valence-corrected chi connectivity index (χ1v) is 8.25. The van der Waals surface area contributed by atoms with E-state index in [-0.39, 0.29) is 0 Å². The molecular formula is C20H25N3. The second-order valence-corrected chi connectivity index (χ2v) is 6.38. The third-order valence-electron chi connectivity index (χ3n) is 4.50. The highest BCUT2D eigenvalue weighted by Gasteiger charge is 2.12. The maximum atomic E-state index is 4.89. The van der Waals surface area contributed by atoms with E-state index in [2.05, 4.69) is 67.1 Å². The lowest BCUT2D eigenvalue weighted by atomic mass is 10.1. The van der Waals surface area contributed by atoms with E-state index in [9.17, 15) is 0 Å². The molecule has 0 atom stereocenters. The van der Waals surface area contributed by atoms with Crippen LogP contribution in [0.2, 0.25) is 0 Å². The Morgan fingerprint density at radius 1 is 1.00 bits per heavy atom. The van der Waals surface area contributed by atoms with Crippen molar-refractivity contribution in [1.29, 1.82) is 0 Å². The Bertz CT molecular complexity index is 813. The van der Waals surface area contributed by atoms with Gasteiger partial charge in [-0.05, 0) is 56.6 Å². The second-order valence-electron chi connectivity index (χ2n) is 6.38. The minimum Gasteiger partial charge on any atom is -0.323 e. The zero-order valence-corrected chi connectivity index (χ0v) is 14.5. The van der Waals surface area contributed by atoms with Gasteiger partial charge in [-0.15, -0.1) is 0 Å². The first-order valence-electron chi connectivity index (χ1n) is 8.25. The number of hydrogen-bond donors (Lipinski definition) is 1. The van der Waals surface area contributed by atoms with Crippen molar-refractivity contribution in [2.24, 2.45) is 0 Å². The monoisotopic (exact) mass is 307 g/mol. The Morgan fingerprint density at radius 3 is 2.39 bits per heavy atom. The van der Waals surface area contributed by atoms with E-state index in [1.807, 2.05) is 7.05 Å². The zero-order chi connectivity index (χ0) is 16.4. The maximum absolute atomic E-state index is 4.89. The fourth-order valence-electron chi connectivity index (χ4n) is 2.91. The molecule has 120 valence electrons. The molecule has 0 fully saturated rings. The number of benzene rings is 2. The molecule has 23 heavy (non-hydrogen) atoms. The number of nitrogens with zero attached hydrogens (tertiary/aromatic N) is 2. The third kappa shape index (κ3) is 3.30. The molecule has 1 heterocycles. The molecule has 3 rings (SSSR count). The van der Waals surface area contributed by atoms with Crippen LogP contribution in [0.25, 0.3) is 11.0 Å². The number of rotatable bonds is 5. The van der Waals surface area contributed by atoms with Gasteiger partial charge in [-0.25, -0.2) is 4.98 Å². The summed E-state index contributed by atoms with van der Waals surface area (Å²) in [5.74, 6) is 1.15. The lowest BCUT2D eigenvalue weighted by Crippen LogP contribution is -2.14. The Kier molecular flexibility index (Phi) is 4.49. The largest absolute Gasteiger partial charge is 0.323 e. The zero-order valence-electron chi connectivity index (χ0n) is 14.5. The molecule has 0 amide bonds. The van der Waals surface area contributed by atoms with Crippen molar-refractivity contribution in [3.8, 4) is 0 Å². The maximum Gasteiger partial charge on any atom is 0.111 e. The van der Waals surface area contributed by atoms with E-state index in [0.717, 1.165) is 30.9 Å². The van der Waals surface area contributed by atoms with Gasteiger partial charge >= 0.3 is 0 Å². The van der Waals surface area contributed by atoms with Gasteiger partial charge in [0.25, 0.3) is 0 Å². The third-order valence-corrected chi connectivity index (χ3v) is 4.50. The minimum absolute atomic E-state index is 0.873. The number of imidazole rings is 1. The van der Waals surface area contributed by atoms with Crippen LogP contribution in [0.5, 0.6) is 0 Å². The van der Waals surface area contributed by atoms with Gasteiger partial charge in [0.1, 0.15) is 5.82 Å². The topological polar surface area (TPSA) is 29.9 Å². The standard InChI is InChI=1S/C20H25N3/c1-14-5-7-17(8-6-14)13-23-19-12-16(3)15(2)11-18(19)22-20(23)9-10-21-4/h5-8,11-12,21H,9-10,13H2,1-4H3. The molecule has 0 radical (unpaired) electrons. The van der Waals surface area contributed by atoms with Crippen LogP contribution in [0.3, 0.4) is 0 Å². The summed E-state index contributed by atoms with van der Waals surface area (Å²) in [7, 11) is 1.99. The predicted molar refractivity (Wildman–Crippen MR) is 97.1 cm³/mol. The molecule has 0 aliphatic rings. The van der Waals surface area contributed by atoms with Crippen LogP contribution in [0, 0.1) is 20.8 Å². The van der Waals surface area contributed by atoms with Gasteiger partial charge in [-0.3, -0.25) is 0 Å². The van der Waals surface area contributed by atoms with E-state index < -0.39 is 0 Å². The Morgan fingerprint density at radius 2 is 1.70 bits per heavy atom. The lowest BCUT2D eigenvalue weighted by Gasteiger charge is -2.10. The van der Waals surface area contributed by atoms with Gasteiger partial charge in [-0.2, -0.15) is 0 Å². The van der Waals surface area contributed by atoms with Crippen LogP contribution < -0.4 is 5.32 Å². The minimum atomic E-state index is 0.873. The van der Waals surface area contributed by atoms with E-state index in [4.69, 9.17) is 4.98 Å². The highest BCUT2D eigenvalue weighted by Crippen LogP contribution is 2.22. The van der Waals surface area contributed by atoms with E-state index >= 15 is 0 Å². The summed E-state index contributed by atoms with van der Waals surface area (Å²) in [5.41, 5.74) is 7.58. The van der Waals surface area contributed by atoms with Gasteiger partial charge in [0.2, 0.25) is 0 Å². The first-order chi connectivity index (χ1) is 11.1. The summed E-state index contributed by atoms with van der Waals surface area (Å²) in [6.45, 7) is 8.26. The highest BCUT2D eigenvalue weighted by atomic mass is 15.1. The smallest absolute Gasteiger partial charge is 0.111 e. The Labute approximate surface area is 138 Å². The van der Waals surface area contributed by atoms with Crippen molar-refractivity contribution in [2.45, 2.75) is 33.7 Å². The summed E-state index contributed by atoms with van der Waals surface area (Å²) in [5, 5.41) is 3.23. The quantitative estimate of drug-likeness (QED) is 0.777. The number of aryl methyl sites for hydroxylation is 3. The number of likely N-dealkylation sites (N-methyl/N-ethyl adjacent to an activating group) is 1. The Balaban J connectivity index is 2.07. The van der Waals surface area contributed by atoms with Crippen LogP contribution in [0.15, 0.2) is 36.4 Å². The van der Waals surface area contributed by atoms with Crippen molar-refractivity contribution in [3.05, 3.63) is 64.5 Å². The summed E-state index contributed by atoms with van der Waals surface area (Å²) >= 11 is 0. The van der Waals surface area contributed by atoms with Crippen LogP contribution in [0.1, 0.15) is 28.1 Å². The Hall–Kier alpha value is -2.13. The molecule has 1 N–H and O–H groups in total. The molecule has 0 saturated heterocycles. The molecule has 0 unspecified atom stereocenters. The van der Waals surface area contributed by atoms with E-state index in [1.54, 1.807) is 0 Å². The van der Waals surface area contributed by atoms with Gasteiger partial charge in [-0.1, -0.05) is 29.8 Å². The predicted octanol–water partition coefficient (Wildman–Crippen LogP) is 3.77. The molecular weight excluding hydrogens is 282 g/mol. The average molecular weight is 307 g/mol. The van der Waals surface area contributed by atoms with Gasteiger partial charge in [0.05, 0.1) is 11.0 Å². The molecule has 3 heteroatoms. The normalized spacial score (nSPS) is 11.3. The SMILES string of the molecule is CNCCc1nc2cc(C)c(C)cc2n1Cc1ccc(C)cc1. The number of hydrogen-bond acceptors (Lipinski definition) is 2. The van der Waals surface area contributed by atoms with Crippen molar-refractivity contribution < 1.29 is 0 Å². The molecule has 0 spiro atoms. The fourth-order valence-corrected chi connectivity index (χ4v) is 2.91. The van der Waals surface area contributed by atoms with E-state index in [1.165, 1.54) is 27.8 Å². The molecule has 2 aromatic carbocycles. The number of nitrogens with one attached hydrogen (secondary N) is 1. The van der Waals surface area contributed by atoms with Crippen molar-refractivity contribution in [2.75, 3.05) is 13.6 Å². The molecule has 0 aliphatic heterocycles. The lowest BCUT2D eigenvalue weighted by molar-refractivity contribution is 0.696. The molecule has 1 aromatic heterocycles. The highest BCUT2D eigenvalue weighted by molar-refractivity contribution is 5.78. The van der Waals surface area contributed by atoms with Crippen molar-refractivity contribution >= 4 is 11.0 Å². The van der Waals surface area contributed by atoms with Crippen molar-refractivity contribution in [3.63, 3.8) is 0 Å². The molecule has 3 nitrogen and oxygen atoms in total. The van der Waals surface area contributed by atoms with Crippen LogP contribution in [-0.4, -0.2) is 23.1 Å².